The lowest BCUT2D eigenvalue weighted by atomic mass is 9.96. The molecule has 0 saturated carbocycles. The molecule has 178 valence electrons. The zero-order valence-electron chi connectivity index (χ0n) is 19.0. The molecule has 0 spiro atoms. The number of urea groups is 1. The van der Waals surface area contributed by atoms with Crippen LogP contribution in [0.1, 0.15) is 41.2 Å². The van der Waals surface area contributed by atoms with Crippen molar-refractivity contribution < 1.29 is 9.90 Å². The van der Waals surface area contributed by atoms with Gasteiger partial charge < -0.3 is 15.3 Å². The van der Waals surface area contributed by atoms with Crippen molar-refractivity contribution in [1.82, 2.24) is 20.2 Å². The van der Waals surface area contributed by atoms with Crippen molar-refractivity contribution in [2.75, 3.05) is 13.2 Å². The molecule has 4 rings (SSSR count). The van der Waals surface area contributed by atoms with E-state index in [4.69, 9.17) is 28.2 Å². The maximum absolute atomic E-state index is 12.9. The molecule has 0 unspecified atom stereocenters. The van der Waals surface area contributed by atoms with Crippen molar-refractivity contribution in [3.63, 3.8) is 0 Å². The van der Waals surface area contributed by atoms with Crippen LogP contribution in [0, 0.1) is 5.92 Å². The van der Waals surface area contributed by atoms with E-state index in [2.05, 4.69) is 22.4 Å². The molecule has 6 nitrogen and oxygen atoms in total. The van der Waals surface area contributed by atoms with Gasteiger partial charge in [-0.2, -0.15) is 0 Å². The number of benzene rings is 2. The summed E-state index contributed by atoms with van der Waals surface area (Å²) in [5, 5.41) is 13.9. The Hall–Kier alpha value is -2.67. The number of carbonyl (C=O) groups excluding carboxylic acids is 1. The highest BCUT2D eigenvalue weighted by molar-refractivity contribution is 6.42. The molecular weight excluding hydrogens is 471 g/mol. The minimum absolute atomic E-state index is 0.0375. The number of aliphatic hydroxyl groups is 1. The van der Waals surface area contributed by atoms with Crippen molar-refractivity contribution in [2.24, 2.45) is 5.92 Å². The first kappa shape index (κ1) is 24.5. The molecule has 2 N–H and O–H groups in total. The summed E-state index contributed by atoms with van der Waals surface area (Å²) < 4.78 is 0. The number of aromatic nitrogens is 2. The third-order valence-corrected chi connectivity index (χ3v) is 6.90. The minimum Gasteiger partial charge on any atom is -0.396 e. The fraction of sp³-hybridized carbons (Fsp3) is 0.346. The van der Waals surface area contributed by atoms with Crippen LogP contribution in [0.25, 0.3) is 0 Å². The van der Waals surface area contributed by atoms with E-state index < -0.39 is 0 Å². The van der Waals surface area contributed by atoms with E-state index >= 15 is 0 Å². The smallest absolute Gasteiger partial charge is 0.318 e. The molecule has 0 bridgehead atoms. The van der Waals surface area contributed by atoms with E-state index in [1.165, 1.54) is 5.56 Å². The standard InChI is InChI=1S/C26H28Cl2N4O2/c1-17(20-7-8-22(27)23(28)13-20)30-26(34)32-10-9-21-14-29-25(31-24(21)15-32)12-19(16-33)11-18-5-3-2-4-6-18/h2-8,13-14,17,19,33H,9-12,15-16H2,1H3,(H,30,34)/t17-,19-/m1/s1. The molecule has 2 atom stereocenters. The van der Waals surface area contributed by atoms with Gasteiger partial charge in [0.2, 0.25) is 0 Å². The van der Waals surface area contributed by atoms with Gasteiger partial charge in [0.05, 0.1) is 28.3 Å². The van der Waals surface area contributed by atoms with Crippen LogP contribution in [0.2, 0.25) is 10.0 Å². The third-order valence-electron chi connectivity index (χ3n) is 6.16. The molecule has 2 aromatic carbocycles. The van der Waals surface area contributed by atoms with Gasteiger partial charge in [-0.05, 0) is 54.5 Å². The van der Waals surface area contributed by atoms with Crippen LogP contribution in [0.4, 0.5) is 4.79 Å². The normalized spacial score (nSPS) is 14.9. The molecule has 3 aromatic rings. The van der Waals surface area contributed by atoms with Gasteiger partial charge in [-0.15, -0.1) is 0 Å². The number of amides is 2. The molecule has 0 aliphatic carbocycles. The summed E-state index contributed by atoms with van der Waals surface area (Å²) in [6.07, 6.45) is 3.91. The highest BCUT2D eigenvalue weighted by Gasteiger charge is 2.24. The van der Waals surface area contributed by atoms with Crippen LogP contribution < -0.4 is 5.32 Å². The zero-order valence-corrected chi connectivity index (χ0v) is 20.6. The molecule has 1 aliphatic heterocycles. The SMILES string of the molecule is C[C@@H](NC(=O)N1CCc2cnc(C[C@H](CO)Cc3ccccc3)nc2C1)c1ccc(Cl)c(Cl)c1. The fourth-order valence-electron chi connectivity index (χ4n) is 4.16. The predicted octanol–water partition coefficient (Wildman–Crippen LogP) is 5.01. The Bertz CT molecular complexity index is 1140. The number of carbonyl (C=O) groups is 1. The summed E-state index contributed by atoms with van der Waals surface area (Å²) in [4.78, 5) is 24.0. The molecular formula is C26H28Cl2N4O2. The summed E-state index contributed by atoms with van der Waals surface area (Å²) in [5.74, 6) is 0.732. The molecule has 34 heavy (non-hydrogen) atoms. The largest absolute Gasteiger partial charge is 0.396 e. The van der Waals surface area contributed by atoms with E-state index in [0.29, 0.717) is 41.8 Å². The number of aliphatic hydroxyl groups excluding tert-OH is 1. The second kappa shape index (κ2) is 11.2. The monoisotopic (exact) mass is 498 g/mol. The number of nitrogens with zero attached hydrogens (tertiary/aromatic N) is 3. The number of halogens is 2. The number of rotatable bonds is 7. The second-order valence-corrected chi connectivity index (χ2v) is 9.53. The van der Waals surface area contributed by atoms with Gasteiger partial charge in [-0.3, -0.25) is 0 Å². The summed E-state index contributed by atoms with van der Waals surface area (Å²) in [7, 11) is 0. The van der Waals surface area contributed by atoms with E-state index in [0.717, 1.165) is 23.2 Å². The van der Waals surface area contributed by atoms with E-state index in [-0.39, 0.29) is 24.6 Å². The quantitative estimate of drug-likeness (QED) is 0.479. The van der Waals surface area contributed by atoms with Crippen LogP contribution >= 0.6 is 23.2 Å². The molecule has 8 heteroatoms. The van der Waals surface area contributed by atoms with Gasteiger partial charge in [0.15, 0.2) is 0 Å². The molecule has 0 saturated heterocycles. The summed E-state index contributed by atoms with van der Waals surface area (Å²) in [5.41, 5.74) is 4.00. The lowest BCUT2D eigenvalue weighted by Gasteiger charge is -2.29. The second-order valence-electron chi connectivity index (χ2n) is 8.72. The Morgan fingerprint density at radius 2 is 1.94 bits per heavy atom. The first-order chi connectivity index (χ1) is 16.4. The predicted molar refractivity (Wildman–Crippen MR) is 134 cm³/mol. The number of fused-ring (bicyclic) bond motifs is 1. The fourth-order valence-corrected chi connectivity index (χ4v) is 4.47. The lowest BCUT2D eigenvalue weighted by Crippen LogP contribution is -2.44. The van der Waals surface area contributed by atoms with Gasteiger partial charge >= 0.3 is 6.03 Å². The molecule has 0 radical (unpaired) electrons. The van der Waals surface area contributed by atoms with Crippen molar-refractivity contribution in [1.29, 1.82) is 0 Å². The van der Waals surface area contributed by atoms with Gasteiger partial charge in [-0.25, -0.2) is 14.8 Å². The maximum atomic E-state index is 12.9. The molecule has 1 aliphatic rings. The summed E-state index contributed by atoms with van der Waals surface area (Å²) in [6, 6.07) is 15.1. The number of nitrogens with one attached hydrogen (secondary N) is 1. The van der Waals surface area contributed by atoms with E-state index in [9.17, 15) is 9.90 Å². The Kier molecular flexibility index (Phi) is 8.03. The number of hydrogen-bond acceptors (Lipinski definition) is 4. The number of hydrogen-bond donors (Lipinski definition) is 2. The summed E-state index contributed by atoms with van der Waals surface area (Å²) in [6.45, 7) is 3.00. The average molecular weight is 499 g/mol. The molecule has 2 heterocycles. The first-order valence-corrected chi connectivity index (χ1v) is 12.2. The van der Waals surface area contributed by atoms with E-state index in [1.807, 2.05) is 37.4 Å². The van der Waals surface area contributed by atoms with Crippen molar-refractivity contribution in [3.05, 3.63) is 93.0 Å². The molecule has 2 amide bonds. The topological polar surface area (TPSA) is 78.4 Å². The average Bonchev–Trinajstić information content (AvgIpc) is 2.85. The highest BCUT2D eigenvalue weighted by Crippen LogP contribution is 2.26. The lowest BCUT2D eigenvalue weighted by molar-refractivity contribution is 0.188. The first-order valence-electron chi connectivity index (χ1n) is 11.4. The molecule has 0 fully saturated rings. The zero-order chi connectivity index (χ0) is 24.1. The van der Waals surface area contributed by atoms with Crippen LogP contribution in [-0.2, 0) is 25.8 Å². The Morgan fingerprint density at radius 1 is 1.15 bits per heavy atom. The van der Waals surface area contributed by atoms with Crippen molar-refractivity contribution in [3.8, 4) is 0 Å². The minimum atomic E-state index is -0.215. The highest BCUT2D eigenvalue weighted by atomic mass is 35.5. The third kappa shape index (κ3) is 6.06. The Balaban J connectivity index is 1.39. The van der Waals surface area contributed by atoms with Gasteiger partial charge in [0.1, 0.15) is 5.82 Å². The van der Waals surface area contributed by atoms with Crippen molar-refractivity contribution >= 4 is 29.2 Å². The van der Waals surface area contributed by atoms with Gasteiger partial charge in [0.25, 0.3) is 0 Å². The Labute approximate surface area is 210 Å². The van der Waals surface area contributed by atoms with Gasteiger partial charge in [0, 0.05) is 25.8 Å². The van der Waals surface area contributed by atoms with E-state index in [1.54, 1.807) is 17.0 Å². The summed E-state index contributed by atoms with van der Waals surface area (Å²) >= 11 is 12.1. The van der Waals surface area contributed by atoms with Crippen LogP contribution in [-0.4, -0.2) is 39.2 Å². The molecule has 1 aromatic heterocycles. The van der Waals surface area contributed by atoms with Gasteiger partial charge in [-0.1, -0.05) is 59.6 Å². The maximum Gasteiger partial charge on any atom is 0.318 e. The van der Waals surface area contributed by atoms with Crippen LogP contribution in [0.15, 0.2) is 54.7 Å². The Morgan fingerprint density at radius 3 is 2.68 bits per heavy atom. The van der Waals surface area contributed by atoms with Crippen LogP contribution in [0.5, 0.6) is 0 Å². The van der Waals surface area contributed by atoms with Crippen LogP contribution in [0.3, 0.4) is 0 Å². The van der Waals surface area contributed by atoms with Crippen molar-refractivity contribution in [2.45, 2.75) is 38.8 Å².